The molecule has 0 bridgehead atoms. The summed E-state index contributed by atoms with van der Waals surface area (Å²) in [7, 11) is 3.34. The van der Waals surface area contributed by atoms with Gasteiger partial charge < -0.3 is 28.8 Å². The fourth-order valence-electron chi connectivity index (χ4n) is 4.05. The monoisotopic (exact) mass is 470 g/mol. The molecule has 3 unspecified atom stereocenters. The number of methoxy groups -OCH3 is 2. The number of aliphatic hydroxyl groups is 1. The van der Waals surface area contributed by atoms with Crippen LogP contribution in [-0.2, 0) is 20.6 Å². The Morgan fingerprint density at radius 2 is 2.00 bits per heavy atom. The number of aliphatic hydroxyl groups excluding tert-OH is 1. The molecule has 1 N–H and O–H groups in total. The number of ether oxygens (including phenoxy) is 5. The lowest BCUT2D eigenvalue weighted by Crippen LogP contribution is -2.41. The van der Waals surface area contributed by atoms with Gasteiger partial charge in [0, 0.05) is 25.2 Å². The fraction of sp³-hybridized carbons (Fsp3) is 0.500. The summed E-state index contributed by atoms with van der Waals surface area (Å²) in [6, 6.07) is 4.10. The van der Waals surface area contributed by atoms with Gasteiger partial charge in [0.25, 0.3) is 0 Å². The van der Waals surface area contributed by atoms with Gasteiger partial charge in [-0.3, -0.25) is 0 Å². The Labute approximate surface area is 204 Å². The number of rotatable bonds is 4. The number of benzene rings is 1. The lowest BCUT2D eigenvalue weighted by Gasteiger charge is -2.39. The second-order valence-electron chi connectivity index (χ2n) is 8.52. The van der Waals surface area contributed by atoms with Crippen LogP contribution in [0.2, 0.25) is 0 Å². The molecule has 4 rings (SSSR count). The number of hydrogen-bond donors (Lipinski definition) is 1. The molecule has 0 spiro atoms. The van der Waals surface area contributed by atoms with Crippen molar-refractivity contribution < 1.29 is 28.8 Å². The second kappa shape index (κ2) is 12.0. The zero-order valence-corrected chi connectivity index (χ0v) is 21.5. The number of hydrogen-bond acceptors (Lipinski definition) is 6. The summed E-state index contributed by atoms with van der Waals surface area (Å²) in [6.45, 7) is 16.3. The minimum absolute atomic E-state index is 0.0864. The summed E-state index contributed by atoms with van der Waals surface area (Å²) in [5.74, 6) is 9.89. The molecule has 0 aromatic heterocycles. The van der Waals surface area contributed by atoms with Crippen molar-refractivity contribution in [3.8, 4) is 23.3 Å². The first-order valence-electron chi connectivity index (χ1n) is 11.5. The van der Waals surface area contributed by atoms with Gasteiger partial charge in [-0.1, -0.05) is 17.9 Å². The van der Waals surface area contributed by atoms with Crippen molar-refractivity contribution in [1.82, 2.24) is 0 Å². The third kappa shape index (κ3) is 5.97. The molecule has 6 heteroatoms. The molecule has 0 radical (unpaired) electrons. The fourth-order valence-corrected chi connectivity index (χ4v) is 4.05. The van der Waals surface area contributed by atoms with E-state index in [9.17, 15) is 0 Å². The highest BCUT2D eigenvalue weighted by Gasteiger charge is 2.39. The van der Waals surface area contributed by atoms with Crippen LogP contribution in [0.1, 0.15) is 45.7 Å². The molecule has 34 heavy (non-hydrogen) atoms. The smallest absolute Gasteiger partial charge is 0.164 e. The van der Waals surface area contributed by atoms with Gasteiger partial charge in [0.05, 0.1) is 12.9 Å². The van der Waals surface area contributed by atoms with E-state index in [1.165, 1.54) is 0 Å². The standard InChI is InChI=1S/C24H28O5.C2H6O.C2H4/c1-14-18(12-21(26-6)15(2)25-5)19-11-16-7-8-20-17(9-10-24(3,4)29-20)23(16)28-22(19)13-27-14;1-2-3;1-2/h7-8,12,15,19,22H,11,13H2,1-6H3;3H,2H2,1H3;1-2H2/b21-12+;;. The molecule has 3 atom stereocenters. The normalized spacial score (nSPS) is 22.1. The van der Waals surface area contributed by atoms with Gasteiger partial charge in [-0.15, -0.1) is 13.2 Å². The summed E-state index contributed by atoms with van der Waals surface area (Å²) in [6.07, 6.45) is 2.67. The predicted molar refractivity (Wildman–Crippen MR) is 134 cm³/mol. The maximum Gasteiger partial charge on any atom is 0.164 e. The van der Waals surface area contributed by atoms with E-state index in [0.29, 0.717) is 6.61 Å². The molecule has 6 nitrogen and oxygen atoms in total. The van der Waals surface area contributed by atoms with Crippen molar-refractivity contribution in [2.24, 2.45) is 5.92 Å². The Morgan fingerprint density at radius 3 is 2.62 bits per heavy atom. The molecule has 186 valence electrons. The minimum Gasteiger partial charge on any atom is -0.498 e. The minimum atomic E-state index is -0.487. The van der Waals surface area contributed by atoms with Gasteiger partial charge in [-0.2, -0.15) is 0 Å². The van der Waals surface area contributed by atoms with Crippen molar-refractivity contribution in [3.63, 3.8) is 0 Å². The Bertz CT molecular complexity index is 979. The quantitative estimate of drug-likeness (QED) is 0.387. The summed E-state index contributed by atoms with van der Waals surface area (Å²) in [4.78, 5) is 0. The van der Waals surface area contributed by atoms with E-state index < -0.39 is 5.60 Å². The molecule has 3 heterocycles. The van der Waals surface area contributed by atoms with Crippen molar-refractivity contribution in [1.29, 1.82) is 0 Å². The molecule has 0 fully saturated rings. The van der Waals surface area contributed by atoms with Crippen LogP contribution in [0, 0.1) is 17.8 Å². The topological polar surface area (TPSA) is 66.4 Å². The highest BCUT2D eigenvalue weighted by molar-refractivity contribution is 5.62. The van der Waals surface area contributed by atoms with E-state index in [1.54, 1.807) is 21.1 Å². The maximum atomic E-state index is 7.57. The molecule has 3 aliphatic rings. The average Bonchev–Trinajstić information content (AvgIpc) is 2.83. The summed E-state index contributed by atoms with van der Waals surface area (Å²) in [5, 5.41) is 7.57. The van der Waals surface area contributed by atoms with E-state index in [1.807, 2.05) is 39.8 Å². The van der Waals surface area contributed by atoms with Gasteiger partial charge in [-0.25, -0.2) is 0 Å². The first-order chi connectivity index (χ1) is 16.2. The molecule has 0 saturated carbocycles. The summed E-state index contributed by atoms with van der Waals surface area (Å²) in [5.41, 5.74) is 2.59. The average molecular weight is 471 g/mol. The van der Waals surface area contributed by atoms with Crippen molar-refractivity contribution in [2.45, 2.75) is 58.8 Å². The zero-order chi connectivity index (χ0) is 25.5. The predicted octanol–water partition coefficient (Wildman–Crippen LogP) is 4.80. The Morgan fingerprint density at radius 1 is 1.32 bits per heavy atom. The molecule has 0 amide bonds. The van der Waals surface area contributed by atoms with E-state index >= 15 is 0 Å². The molecule has 1 aromatic carbocycles. The molecule has 1 aromatic rings. The van der Waals surface area contributed by atoms with Crippen LogP contribution in [0.3, 0.4) is 0 Å². The third-order valence-corrected chi connectivity index (χ3v) is 5.77. The SMILES string of the molecule is C=C.CCO.CO/C(=C/C1=C(C)OCC2Oc3c(ccc4c3C#CC(C)(C)O4)CC12)C(C)OC. The highest BCUT2D eigenvalue weighted by atomic mass is 16.5. The van der Waals surface area contributed by atoms with Crippen LogP contribution in [0.5, 0.6) is 11.5 Å². The van der Waals surface area contributed by atoms with Crippen LogP contribution >= 0.6 is 0 Å². The Balaban J connectivity index is 0.000000758. The number of fused-ring (bicyclic) bond motifs is 4. The lowest BCUT2D eigenvalue weighted by atomic mass is 9.81. The second-order valence-corrected chi connectivity index (χ2v) is 8.52. The van der Waals surface area contributed by atoms with Gasteiger partial charge in [-0.05, 0) is 58.7 Å². The molecular formula is C28H38O6. The summed E-state index contributed by atoms with van der Waals surface area (Å²) >= 11 is 0. The van der Waals surface area contributed by atoms with Crippen LogP contribution in [0.25, 0.3) is 0 Å². The van der Waals surface area contributed by atoms with E-state index in [0.717, 1.165) is 46.1 Å². The van der Waals surface area contributed by atoms with Gasteiger partial charge in [0.15, 0.2) is 5.60 Å². The Kier molecular flexibility index (Phi) is 9.66. The lowest BCUT2D eigenvalue weighted by molar-refractivity contribution is 0.0262. The maximum absolute atomic E-state index is 7.57. The van der Waals surface area contributed by atoms with E-state index in [2.05, 4.69) is 31.1 Å². The molecular weight excluding hydrogens is 432 g/mol. The van der Waals surface area contributed by atoms with Crippen LogP contribution in [-0.4, -0.2) is 50.3 Å². The zero-order valence-electron chi connectivity index (χ0n) is 21.5. The third-order valence-electron chi connectivity index (χ3n) is 5.77. The van der Waals surface area contributed by atoms with E-state index in [-0.39, 0.29) is 24.7 Å². The number of allylic oxidation sites excluding steroid dienone is 2. The first kappa shape index (κ1) is 27.4. The van der Waals surface area contributed by atoms with Crippen LogP contribution in [0.4, 0.5) is 0 Å². The molecule has 0 aliphatic carbocycles. The molecule has 0 saturated heterocycles. The van der Waals surface area contributed by atoms with Crippen molar-refractivity contribution >= 4 is 0 Å². The summed E-state index contributed by atoms with van der Waals surface area (Å²) < 4.78 is 29.4. The van der Waals surface area contributed by atoms with Crippen LogP contribution in [0.15, 0.2) is 48.5 Å². The van der Waals surface area contributed by atoms with Crippen LogP contribution < -0.4 is 9.47 Å². The molecule has 3 aliphatic heterocycles. The van der Waals surface area contributed by atoms with Crippen molar-refractivity contribution in [2.75, 3.05) is 27.4 Å². The largest absolute Gasteiger partial charge is 0.498 e. The highest BCUT2D eigenvalue weighted by Crippen LogP contribution is 2.44. The van der Waals surface area contributed by atoms with Crippen molar-refractivity contribution in [3.05, 3.63) is 59.6 Å². The Hall–Kier alpha value is -2.88. The van der Waals surface area contributed by atoms with Gasteiger partial charge in [0.1, 0.15) is 41.6 Å². The van der Waals surface area contributed by atoms with Gasteiger partial charge >= 0.3 is 0 Å². The van der Waals surface area contributed by atoms with E-state index in [4.69, 9.17) is 28.8 Å². The van der Waals surface area contributed by atoms with Gasteiger partial charge in [0.2, 0.25) is 0 Å². The first-order valence-corrected chi connectivity index (χ1v) is 11.5.